The first-order chi connectivity index (χ1) is 7.95. The van der Waals surface area contributed by atoms with E-state index in [4.69, 9.17) is 4.74 Å². The van der Waals surface area contributed by atoms with Gasteiger partial charge in [0, 0.05) is 4.47 Å². The molecule has 1 rings (SSSR count). The van der Waals surface area contributed by atoms with Crippen molar-refractivity contribution in [1.29, 1.82) is 0 Å². The Balaban J connectivity index is 2.94. The lowest BCUT2D eigenvalue weighted by Gasteiger charge is -2.17. The Morgan fingerprint density at radius 1 is 1.29 bits per heavy atom. The molecule has 0 aliphatic rings. The highest BCUT2D eigenvalue weighted by molar-refractivity contribution is 9.10. The number of esters is 1. The molecule has 0 saturated carbocycles. The van der Waals surface area contributed by atoms with Crippen LogP contribution in [-0.2, 0) is 9.53 Å². The number of halogens is 1. The standard InChI is InChI=1S/C13H17BrO3/c1-8(2)11-7-10(14)5-6-12(11)17-9(3)13(15)16-4/h5-9H,1-4H3. The molecule has 1 aromatic rings. The molecule has 0 amide bonds. The van der Waals surface area contributed by atoms with Gasteiger partial charge in [-0.15, -0.1) is 0 Å². The monoisotopic (exact) mass is 300 g/mol. The van der Waals surface area contributed by atoms with Gasteiger partial charge in [-0.2, -0.15) is 0 Å². The molecule has 1 aromatic carbocycles. The minimum Gasteiger partial charge on any atom is -0.479 e. The van der Waals surface area contributed by atoms with E-state index in [2.05, 4.69) is 34.5 Å². The van der Waals surface area contributed by atoms with Crippen molar-refractivity contribution in [3.05, 3.63) is 28.2 Å². The molecule has 0 aliphatic carbocycles. The van der Waals surface area contributed by atoms with E-state index in [1.54, 1.807) is 6.92 Å². The Bertz CT molecular complexity index is 402. The molecule has 0 heterocycles. The largest absolute Gasteiger partial charge is 0.479 e. The Hall–Kier alpha value is -1.03. The van der Waals surface area contributed by atoms with E-state index in [0.717, 1.165) is 15.8 Å². The number of benzene rings is 1. The van der Waals surface area contributed by atoms with Crippen LogP contribution in [0.25, 0.3) is 0 Å². The first-order valence-electron chi connectivity index (χ1n) is 5.49. The highest BCUT2D eigenvalue weighted by Crippen LogP contribution is 2.30. The quantitative estimate of drug-likeness (QED) is 0.798. The van der Waals surface area contributed by atoms with Gasteiger partial charge in [0.2, 0.25) is 0 Å². The lowest BCUT2D eigenvalue weighted by Crippen LogP contribution is -2.25. The SMILES string of the molecule is COC(=O)C(C)Oc1ccc(Br)cc1C(C)C. The van der Waals surface area contributed by atoms with Crippen LogP contribution in [0, 0.1) is 0 Å². The van der Waals surface area contributed by atoms with Crippen LogP contribution in [0.3, 0.4) is 0 Å². The molecule has 0 saturated heterocycles. The lowest BCUT2D eigenvalue weighted by atomic mass is 10.0. The van der Waals surface area contributed by atoms with Crippen molar-refractivity contribution in [3.8, 4) is 5.75 Å². The third-order valence-corrected chi connectivity index (χ3v) is 2.92. The maximum absolute atomic E-state index is 11.3. The van der Waals surface area contributed by atoms with Crippen LogP contribution in [0.5, 0.6) is 5.75 Å². The van der Waals surface area contributed by atoms with Crippen LogP contribution in [0.1, 0.15) is 32.3 Å². The highest BCUT2D eigenvalue weighted by atomic mass is 79.9. The van der Waals surface area contributed by atoms with E-state index in [0.29, 0.717) is 5.92 Å². The fraction of sp³-hybridized carbons (Fsp3) is 0.462. The fourth-order valence-electron chi connectivity index (χ4n) is 1.48. The topological polar surface area (TPSA) is 35.5 Å². The van der Waals surface area contributed by atoms with Crippen molar-refractivity contribution in [2.45, 2.75) is 32.8 Å². The van der Waals surface area contributed by atoms with Crippen molar-refractivity contribution in [1.82, 2.24) is 0 Å². The summed E-state index contributed by atoms with van der Waals surface area (Å²) in [5.41, 5.74) is 1.06. The van der Waals surface area contributed by atoms with Crippen LogP contribution in [0.2, 0.25) is 0 Å². The highest BCUT2D eigenvalue weighted by Gasteiger charge is 2.17. The van der Waals surface area contributed by atoms with Crippen molar-refractivity contribution >= 4 is 21.9 Å². The number of ether oxygens (including phenoxy) is 2. The Morgan fingerprint density at radius 2 is 1.94 bits per heavy atom. The minimum atomic E-state index is -0.598. The zero-order chi connectivity index (χ0) is 13.0. The summed E-state index contributed by atoms with van der Waals surface area (Å²) in [6, 6.07) is 5.76. The molecule has 0 aliphatic heterocycles. The Kier molecular flexibility index (Phi) is 5.00. The van der Waals surface area contributed by atoms with Crippen molar-refractivity contribution in [3.63, 3.8) is 0 Å². The van der Waals surface area contributed by atoms with Crippen LogP contribution in [0.4, 0.5) is 0 Å². The lowest BCUT2D eigenvalue weighted by molar-refractivity contribution is -0.147. The average Bonchev–Trinajstić information content (AvgIpc) is 2.29. The third-order valence-electron chi connectivity index (χ3n) is 2.43. The van der Waals surface area contributed by atoms with Crippen LogP contribution in [0.15, 0.2) is 22.7 Å². The summed E-state index contributed by atoms with van der Waals surface area (Å²) in [6.45, 7) is 5.84. The van der Waals surface area contributed by atoms with Gasteiger partial charge < -0.3 is 9.47 Å². The predicted molar refractivity (Wildman–Crippen MR) is 70.3 cm³/mol. The molecule has 17 heavy (non-hydrogen) atoms. The zero-order valence-electron chi connectivity index (χ0n) is 10.5. The van der Waals surface area contributed by atoms with Gasteiger partial charge in [0.25, 0.3) is 0 Å². The summed E-state index contributed by atoms with van der Waals surface area (Å²) in [5.74, 6) is 0.677. The number of carbonyl (C=O) groups excluding carboxylic acids is 1. The molecule has 3 nitrogen and oxygen atoms in total. The number of carbonyl (C=O) groups is 1. The molecule has 0 bridgehead atoms. The summed E-state index contributed by atoms with van der Waals surface area (Å²) >= 11 is 3.43. The van der Waals surface area contributed by atoms with Crippen LogP contribution >= 0.6 is 15.9 Å². The van der Waals surface area contributed by atoms with E-state index in [1.807, 2.05) is 18.2 Å². The van der Waals surface area contributed by atoms with Gasteiger partial charge in [-0.3, -0.25) is 0 Å². The molecule has 1 atom stereocenters. The van der Waals surface area contributed by atoms with E-state index in [-0.39, 0.29) is 5.97 Å². The molecular formula is C13H17BrO3. The maximum Gasteiger partial charge on any atom is 0.346 e. The Labute approximate surface area is 110 Å². The van der Waals surface area contributed by atoms with Gasteiger partial charge in [-0.1, -0.05) is 29.8 Å². The fourth-order valence-corrected chi connectivity index (χ4v) is 1.86. The van der Waals surface area contributed by atoms with E-state index < -0.39 is 6.10 Å². The molecule has 0 N–H and O–H groups in total. The number of rotatable bonds is 4. The third kappa shape index (κ3) is 3.73. The summed E-state index contributed by atoms with van der Waals surface area (Å²) in [7, 11) is 1.35. The van der Waals surface area contributed by atoms with Crippen molar-refractivity contribution < 1.29 is 14.3 Å². The van der Waals surface area contributed by atoms with Gasteiger partial charge in [-0.05, 0) is 36.6 Å². The summed E-state index contributed by atoms with van der Waals surface area (Å²) in [5, 5.41) is 0. The molecule has 4 heteroatoms. The molecule has 0 spiro atoms. The molecule has 94 valence electrons. The summed E-state index contributed by atoms with van der Waals surface area (Å²) in [6.07, 6.45) is -0.598. The van der Waals surface area contributed by atoms with Crippen LogP contribution in [-0.4, -0.2) is 19.2 Å². The Morgan fingerprint density at radius 3 is 2.47 bits per heavy atom. The maximum atomic E-state index is 11.3. The zero-order valence-corrected chi connectivity index (χ0v) is 12.1. The van der Waals surface area contributed by atoms with E-state index in [9.17, 15) is 4.79 Å². The minimum absolute atomic E-state index is 0.326. The molecular weight excluding hydrogens is 284 g/mol. The smallest absolute Gasteiger partial charge is 0.346 e. The second kappa shape index (κ2) is 6.05. The second-order valence-electron chi connectivity index (χ2n) is 4.12. The molecule has 1 unspecified atom stereocenters. The van der Waals surface area contributed by atoms with E-state index in [1.165, 1.54) is 7.11 Å². The molecule has 0 radical (unpaired) electrons. The van der Waals surface area contributed by atoms with Gasteiger partial charge in [-0.25, -0.2) is 4.79 Å². The van der Waals surface area contributed by atoms with Gasteiger partial charge in [0.05, 0.1) is 7.11 Å². The average molecular weight is 301 g/mol. The van der Waals surface area contributed by atoms with Gasteiger partial charge in [0.15, 0.2) is 6.10 Å². The van der Waals surface area contributed by atoms with Gasteiger partial charge >= 0.3 is 5.97 Å². The van der Waals surface area contributed by atoms with Crippen LogP contribution < -0.4 is 4.74 Å². The first-order valence-corrected chi connectivity index (χ1v) is 6.29. The number of methoxy groups -OCH3 is 1. The second-order valence-corrected chi connectivity index (χ2v) is 5.04. The predicted octanol–water partition coefficient (Wildman–Crippen LogP) is 3.51. The molecule has 0 aromatic heterocycles. The van der Waals surface area contributed by atoms with Crippen molar-refractivity contribution in [2.24, 2.45) is 0 Å². The van der Waals surface area contributed by atoms with E-state index >= 15 is 0 Å². The number of hydrogen-bond donors (Lipinski definition) is 0. The summed E-state index contributed by atoms with van der Waals surface area (Å²) < 4.78 is 11.3. The summed E-state index contributed by atoms with van der Waals surface area (Å²) in [4.78, 5) is 11.3. The normalized spacial score (nSPS) is 12.4. The first kappa shape index (κ1) is 14.0. The molecule has 0 fully saturated rings. The van der Waals surface area contributed by atoms with Gasteiger partial charge in [0.1, 0.15) is 5.75 Å². The number of hydrogen-bond acceptors (Lipinski definition) is 3. The van der Waals surface area contributed by atoms with Crippen molar-refractivity contribution in [2.75, 3.05) is 7.11 Å².